The maximum atomic E-state index is 13.9. The van der Waals surface area contributed by atoms with E-state index in [2.05, 4.69) is 47.5 Å². The number of unbranched alkanes of at least 4 members (excludes halogenated alkanes) is 3. The molecule has 0 aromatic heterocycles. The number of methoxy groups -OCH3 is 2. The topological polar surface area (TPSA) is 81.6 Å². The van der Waals surface area contributed by atoms with Gasteiger partial charge >= 0.3 is 5.97 Å². The average molecular weight is 548 g/mol. The number of rotatable bonds is 10. The van der Waals surface area contributed by atoms with Crippen LogP contribution in [0.15, 0.2) is 53.5 Å². The molecule has 1 spiro atoms. The minimum Gasteiger partial charge on any atom is -0.497 e. The molecule has 40 heavy (non-hydrogen) atoms. The highest BCUT2D eigenvalue weighted by molar-refractivity contribution is 6.02. The van der Waals surface area contributed by atoms with Crippen LogP contribution in [0.4, 0.5) is 5.69 Å². The van der Waals surface area contributed by atoms with Gasteiger partial charge < -0.3 is 24.3 Å². The van der Waals surface area contributed by atoms with E-state index in [0.717, 1.165) is 47.5 Å². The molecule has 8 nitrogen and oxygen atoms in total. The normalized spacial score (nSPS) is 30.7. The predicted octanol–water partition coefficient (Wildman–Crippen LogP) is 4.78. The molecule has 4 heterocycles. The molecule has 0 radical (unpaired) electrons. The highest BCUT2D eigenvalue weighted by Gasteiger charge is 2.76. The molecule has 2 bridgehead atoms. The number of hydrogen-bond acceptors (Lipinski definition) is 8. The van der Waals surface area contributed by atoms with Crippen LogP contribution in [-0.2, 0) is 25.4 Å². The molecule has 1 N–H and O–H groups in total. The average Bonchev–Trinajstić information content (AvgIpc) is 3.50. The van der Waals surface area contributed by atoms with E-state index in [1.54, 1.807) is 7.11 Å². The number of carbonyl (C=O) groups excluding carboxylic acids is 1. The first-order valence-electron chi connectivity index (χ1n) is 14.8. The van der Waals surface area contributed by atoms with Crippen molar-refractivity contribution in [3.63, 3.8) is 0 Å². The number of nitrogens with one attached hydrogen (secondary N) is 1. The van der Waals surface area contributed by atoms with Crippen molar-refractivity contribution < 1.29 is 23.7 Å². The molecule has 2 fully saturated rings. The number of benzene rings is 2. The van der Waals surface area contributed by atoms with Gasteiger partial charge in [-0.3, -0.25) is 14.7 Å². The SMILES string of the molecule is CCCCCC[C@@H]1Nc2ccccc2C2[C@@H](C(=O)OC)[C@]3(N4CCOCC4)O[C@@]21N=C3Cc1ccc(OC)cc1. The van der Waals surface area contributed by atoms with Gasteiger partial charge in [-0.05, 0) is 35.7 Å². The van der Waals surface area contributed by atoms with Crippen molar-refractivity contribution in [1.29, 1.82) is 0 Å². The summed E-state index contributed by atoms with van der Waals surface area (Å²) in [7, 11) is 3.16. The van der Waals surface area contributed by atoms with Gasteiger partial charge in [0.1, 0.15) is 11.7 Å². The maximum absolute atomic E-state index is 13.9. The van der Waals surface area contributed by atoms with E-state index in [-0.39, 0.29) is 17.9 Å². The zero-order valence-corrected chi connectivity index (χ0v) is 23.9. The smallest absolute Gasteiger partial charge is 0.314 e. The number of ether oxygens (including phenoxy) is 4. The summed E-state index contributed by atoms with van der Waals surface area (Å²) in [5.74, 6) is -0.246. The molecule has 4 aliphatic rings. The summed E-state index contributed by atoms with van der Waals surface area (Å²) in [5, 5.41) is 3.82. The molecule has 4 aliphatic heterocycles. The number of esters is 1. The summed E-state index contributed by atoms with van der Waals surface area (Å²) in [6.45, 7) is 4.72. The molecule has 0 aliphatic carbocycles. The van der Waals surface area contributed by atoms with Crippen LogP contribution in [0.3, 0.4) is 0 Å². The molecule has 0 saturated carbocycles. The van der Waals surface area contributed by atoms with Gasteiger partial charge in [0.25, 0.3) is 0 Å². The fourth-order valence-electron chi connectivity index (χ4n) is 7.34. The third-order valence-electron chi connectivity index (χ3n) is 9.18. The van der Waals surface area contributed by atoms with Gasteiger partial charge in [-0.1, -0.05) is 62.9 Å². The number of aliphatic imine (C=N–C) groups is 1. The van der Waals surface area contributed by atoms with Gasteiger partial charge in [-0.2, -0.15) is 0 Å². The second-order valence-electron chi connectivity index (χ2n) is 11.3. The molecule has 0 amide bonds. The van der Waals surface area contributed by atoms with E-state index in [1.807, 2.05) is 18.2 Å². The van der Waals surface area contributed by atoms with E-state index in [0.29, 0.717) is 32.7 Å². The fraction of sp³-hybridized carbons (Fsp3) is 0.562. The van der Waals surface area contributed by atoms with Gasteiger partial charge in [0.05, 0.1) is 45.1 Å². The van der Waals surface area contributed by atoms with Gasteiger partial charge in [0, 0.05) is 25.2 Å². The quantitative estimate of drug-likeness (QED) is 0.339. The van der Waals surface area contributed by atoms with Crippen LogP contribution in [0.1, 0.15) is 56.1 Å². The molecule has 8 heteroatoms. The van der Waals surface area contributed by atoms with Crippen molar-refractivity contribution in [3.05, 3.63) is 59.7 Å². The lowest BCUT2D eigenvalue weighted by atomic mass is 9.67. The second-order valence-corrected chi connectivity index (χ2v) is 11.3. The number of nitrogens with zero attached hydrogens (tertiary/aromatic N) is 2. The van der Waals surface area contributed by atoms with Gasteiger partial charge in [-0.15, -0.1) is 0 Å². The lowest BCUT2D eigenvalue weighted by Crippen LogP contribution is -2.63. The lowest BCUT2D eigenvalue weighted by molar-refractivity contribution is -0.175. The summed E-state index contributed by atoms with van der Waals surface area (Å²) in [6, 6.07) is 16.3. The minimum atomic E-state index is -1.01. The Morgan fingerprint density at radius 1 is 1.07 bits per heavy atom. The predicted molar refractivity (Wildman–Crippen MR) is 154 cm³/mol. The van der Waals surface area contributed by atoms with E-state index < -0.39 is 17.4 Å². The van der Waals surface area contributed by atoms with Gasteiger partial charge in [0.2, 0.25) is 0 Å². The Morgan fingerprint density at radius 2 is 1.85 bits per heavy atom. The first-order valence-corrected chi connectivity index (χ1v) is 14.8. The van der Waals surface area contributed by atoms with Crippen LogP contribution >= 0.6 is 0 Å². The summed E-state index contributed by atoms with van der Waals surface area (Å²) in [4.78, 5) is 21.8. The van der Waals surface area contributed by atoms with Gasteiger partial charge in [-0.25, -0.2) is 0 Å². The maximum Gasteiger partial charge on any atom is 0.314 e. The number of para-hydroxylation sites is 1. The Balaban J connectivity index is 1.50. The molecule has 1 unspecified atom stereocenters. The van der Waals surface area contributed by atoms with Crippen LogP contribution in [-0.4, -0.2) is 74.6 Å². The van der Waals surface area contributed by atoms with E-state index in [1.165, 1.54) is 20.0 Å². The number of anilines is 1. The summed E-state index contributed by atoms with van der Waals surface area (Å²) >= 11 is 0. The first kappa shape index (κ1) is 27.2. The third-order valence-corrected chi connectivity index (χ3v) is 9.18. The molecule has 2 aromatic rings. The van der Waals surface area contributed by atoms with Crippen molar-refractivity contribution in [2.24, 2.45) is 10.9 Å². The van der Waals surface area contributed by atoms with Crippen LogP contribution < -0.4 is 10.1 Å². The fourth-order valence-corrected chi connectivity index (χ4v) is 7.34. The Hall–Kier alpha value is -2.94. The number of morpholine rings is 1. The van der Waals surface area contributed by atoms with E-state index in [4.69, 9.17) is 23.9 Å². The second kappa shape index (κ2) is 11.1. The van der Waals surface area contributed by atoms with Crippen molar-refractivity contribution >= 4 is 17.4 Å². The molecule has 2 saturated heterocycles. The van der Waals surface area contributed by atoms with Crippen molar-refractivity contribution in [2.75, 3.05) is 45.8 Å². The Kier molecular flexibility index (Phi) is 7.59. The molecular formula is C32H41N3O5. The minimum absolute atomic E-state index is 0.0623. The summed E-state index contributed by atoms with van der Waals surface area (Å²) < 4.78 is 24.1. The standard InChI is InChI=1S/C32H41N3O5/c1-4-5-6-7-12-26-31-28(24-10-8-9-11-25(24)33-26)29(30(36)38-3)32(40-31,35-17-19-39-20-18-35)27(34-31)21-22-13-15-23(37-2)16-14-22/h8-11,13-16,26,28-29,33H,4-7,12,17-21H2,1-3H3/t26-,28?,29-,31+,32+/m0/s1. The summed E-state index contributed by atoms with van der Waals surface area (Å²) in [6.07, 6.45) is 6.11. The molecule has 2 aromatic carbocycles. The highest BCUT2D eigenvalue weighted by Crippen LogP contribution is 2.64. The van der Waals surface area contributed by atoms with Crippen molar-refractivity contribution in [3.8, 4) is 5.75 Å². The monoisotopic (exact) mass is 547 g/mol. The van der Waals surface area contributed by atoms with E-state index >= 15 is 0 Å². The number of fused-ring (bicyclic) bond motifs is 3. The van der Waals surface area contributed by atoms with Crippen molar-refractivity contribution in [1.82, 2.24) is 4.90 Å². The van der Waals surface area contributed by atoms with Crippen molar-refractivity contribution in [2.45, 2.75) is 68.9 Å². The van der Waals surface area contributed by atoms with Crippen LogP contribution in [0.25, 0.3) is 0 Å². The first-order chi connectivity index (χ1) is 19.6. The Morgan fingerprint density at radius 3 is 2.58 bits per heavy atom. The molecule has 5 atom stereocenters. The third kappa shape index (κ3) is 4.32. The van der Waals surface area contributed by atoms with Crippen LogP contribution in [0.2, 0.25) is 0 Å². The number of hydrogen-bond donors (Lipinski definition) is 1. The van der Waals surface area contributed by atoms with Crippen LogP contribution in [0, 0.1) is 5.92 Å². The van der Waals surface area contributed by atoms with Gasteiger partial charge in [0.15, 0.2) is 11.4 Å². The van der Waals surface area contributed by atoms with Crippen LogP contribution in [0.5, 0.6) is 5.75 Å². The lowest BCUT2D eigenvalue weighted by Gasteiger charge is -2.46. The highest BCUT2D eigenvalue weighted by atomic mass is 16.6. The van der Waals surface area contributed by atoms with E-state index in [9.17, 15) is 4.79 Å². The zero-order chi connectivity index (χ0) is 27.7. The Bertz CT molecular complexity index is 1240. The summed E-state index contributed by atoms with van der Waals surface area (Å²) in [5.41, 5.74) is 2.22. The largest absolute Gasteiger partial charge is 0.497 e. The molecular weight excluding hydrogens is 506 g/mol. The molecule has 6 rings (SSSR count). The molecule has 214 valence electrons. The zero-order valence-electron chi connectivity index (χ0n) is 23.9. The Labute approximate surface area is 237 Å². The number of carbonyl (C=O) groups is 1.